The normalized spacial score (nSPS) is 12.4. The van der Waals surface area contributed by atoms with E-state index in [4.69, 9.17) is 4.74 Å². The summed E-state index contributed by atoms with van der Waals surface area (Å²) in [5, 5.41) is 3.25. The summed E-state index contributed by atoms with van der Waals surface area (Å²) in [6.45, 7) is 5.17. The van der Waals surface area contributed by atoms with Gasteiger partial charge < -0.3 is 10.1 Å². The zero-order valence-corrected chi connectivity index (χ0v) is 11.9. The molecule has 1 N–H and O–H groups in total. The van der Waals surface area contributed by atoms with Crippen molar-refractivity contribution >= 4 is 0 Å². The van der Waals surface area contributed by atoms with Gasteiger partial charge in [-0.05, 0) is 32.0 Å². The van der Waals surface area contributed by atoms with E-state index < -0.39 is 0 Å². The molecule has 1 unspecified atom stereocenters. The van der Waals surface area contributed by atoms with Crippen molar-refractivity contribution in [1.82, 2.24) is 10.3 Å². The van der Waals surface area contributed by atoms with Crippen LogP contribution in [0.5, 0.6) is 5.75 Å². The highest BCUT2D eigenvalue weighted by atomic mass is 16.5. The largest absolute Gasteiger partial charge is 0.492 e. The number of nitrogens with one attached hydrogen (secondary N) is 1. The molecule has 3 heteroatoms. The van der Waals surface area contributed by atoms with Crippen molar-refractivity contribution in [3.05, 3.63) is 24.0 Å². The van der Waals surface area contributed by atoms with Crippen LogP contribution in [0.3, 0.4) is 0 Å². The van der Waals surface area contributed by atoms with Crippen molar-refractivity contribution in [3.8, 4) is 5.75 Å². The summed E-state index contributed by atoms with van der Waals surface area (Å²) in [7, 11) is 1.97. The molecule has 0 aliphatic carbocycles. The maximum atomic E-state index is 5.67. The fraction of sp³-hybridized carbons (Fsp3) is 0.667. The van der Waals surface area contributed by atoms with Gasteiger partial charge in [0.25, 0.3) is 0 Å². The highest BCUT2D eigenvalue weighted by Gasteiger charge is 2.07. The number of nitrogens with zero attached hydrogens (tertiary/aromatic N) is 1. The van der Waals surface area contributed by atoms with Gasteiger partial charge in [-0.2, -0.15) is 0 Å². The van der Waals surface area contributed by atoms with Crippen LogP contribution in [-0.4, -0.2) is 18.6 Å². The van der Waals surface area contributed by atoms with Crippen LogP contribution < -0.4 is 10.1 Å². The molecule has 102 valence electrons. The fourth-order valence-electron chi connectivity index (χ4n) is 1.96. The molecule has 0 spiro atoms. The van der Waals surface area contributed by atoms with E-state index in [0.29, 0.717) is 6.04 Å². The minimum absolute atomic E-state index is 0.337. The van der Waals surface area contributed by atoms with Crippen LogP contribution in [0.25, 0.3) is 0 Å². The van der Waals surface area contributed by atoms with E-state index >= 15 is 0 Å². The summed E-state index contributed by atoms with van der Waals surface area (Å²) in [4.78, 5) is 4.45. The van der Waals surface area contributed by atoms with Crippen molar-refractivity contribution in [2.24, 2.45) is 0 Å². The second kappa shape index (κ2) is 8.92. The maximum Gasteiger partial charge on any atom is 0.137 e. The minimum Gasteiger partial charge on any atom is -0.492 e. The summed E-state index contributed by atoms with van der Waals surface area (Å²) in [6, 6.07) is 4.40. The van der Waals surface area contributed by atoms with Crippen LogP contribution in [0, 0.1) is 0 Å². The van der Waals surface area contributed by atoms with E-state index in [1.54, 1.807) is 0 Å². The van der Waals surface area contributed by atoms with E-state index in [1.807, 2.05) is 25.4 Å². The van der Waals surface area contributed by atoms with E-state index in [0.717, 1.165) is 30.9 Å². The third kappa shape index (κ3) is 5.05. The van der Waals surface area contributed by atoms with E-state index in [1.165, 1.54) is 19.3 Å². The Kier molecular flexibility index (Phi) is 7.42. The zero-order chi connectivity index (χ0) is 13.2. The van der Waals surface area contributed by atoms with Gasteiger partial charge in [-0.1, -0.05) is 33.1 Å². The Labute approximate surface area is 111 Å². The zero-order valence-electron chi connectivity index (χ0n) is 11.9. The van der Waals surface area contributed by atoms with Crippen LogP contribution in [0.1, 0.15) is 57.7 Å². The average molecular weight is 250 g/mol. The fourth-order valence-corrected chi connectivity index (χ4v) is 1.96. The standard InChI is InChI=1S/C15H26N2O/c1-4-6-7-8-11-18-13-9-10-15(17-12-13)14(5-2)16-3/h9-10,12,14,16H,4-8,11H2,1-3H3. The second-order valence-corrected chi connectivity index (χ2v) is 4.58. The first-order chi connectivity index (χ1) is 8.81. The van der Waals surface area contributed by atoms with E-state index in [2.05, 4.69) is 24.1 Å². The summed E-state index contributed by atoms with van der Waals surface area (Å²) < 4.78 is 5.67. The highest BCUT2D eigenvalue weighted by molar-refractivity contribution is 5.21. The third-order valence-electron chi connectivity index (χ3n) is 3.14. The third-order valence-corrected chi connectivity index (χ3v) is 3.14. The Balaban J connectivity index is 2.35. The molecule has 0 fully saturated rings. The predicted octanol–water partition coefficient (Wildman–Crippen LogP) is 3.71. The smallest absolute Gasteiger partial charge is 0.137 e. The van der Waals surface area contributed by atoms with Crippen LogP contribution >= 0.6 is 0 Å². The molecule has 1 atom stereocenters. The molecule has 0 aliphatic heterocycles. The minimum atomic E-state index is 0.337. The van der Waals surface area contributed by atoms with Gasteiger partial charge in [-0.3, -0.25) is 4.98 Å². The predicted molar refractivity (Wildman–Crippen MR) is 76.0 cm³/mol. The van der Waals surface area contributed by atoms with Gasteiger partial charge in [0, 0.05) is 6.04 Å². The Morgan fingerprint density at radius 2 is 2.06 bits per heavy atom. The molecule has 0 radical (unpaired) electrons. The molecule has 1 aromatic heterocycles. The topological polar surface area (TPSA) is 34.1 Å². The summed E-state index contributed by atoms with van der Waals surface area (Å²) >= 11 is 0. The van der Waals surface area contributed by atoms with Gasteiger partial charge >= 0.3 is 0 Å². The lowest BCUT2D eigenvalue weighted by Crippen LogP contribution is -2.16. The molecule has 1 heterocycles. The number of rotatable bonds is 9. The monoisotopic (exact) mass is 250 g/mol. The molecule has 3 nitrogen and oxygen atoms in total. The molecule has 0 bridgehead atoms. The summed E-state index contributed by atoms with van der Waals surface area (Å²) in [5.74, 6) is 0.876. The lowest BCUT2D eigenvalue weighted by atomic mass is 10.1. The lowest BCUT2D eigenvalue weighted by Gasteiger charge is -2.13. The molecule has 0 aromatic carbocycles. The number of unbranched alkanes of at least 4 members (excludes halogenated alkanes) is 3. The highest BCUT2D eigenvalue weighted by Crippen LogP contribution is 2.17. The Morgan fingerprint density at radius 1 is 1.22 bits per heavy atom. The van der Waals surface area contributed by atoms with Crippen molar-refractivity contribution in [3.63, 3.8) is 0 Å². The second-order valence-electron chi connectivity index (χ2n) is 4.58. The molecule has 0 aliphatic rings. The molecule has 1 aromatic rings. The van der Waals surface area contributed by atoms with Crippen molar-refractivity contribution in [1.29, 1.82) is 0 Å². The first-order valence-corrected chi connectivity index (χ1v) is 7.07. The molecule has 0 amide bonds. The van der Waals surface area contributed by atoms with Crippen molar-refractivity contribution < 1.29 is 4.74 Å². The Hall–Kier alpha value is -1.09. The number of ether oxygens (including phenoxy) is 1. The average Bonchev–Trinajstić information content (AvgIpc) is 2.41. The summed E-state index contributed by atoms with van der Waals surface area (Å²) in [5.41, 5.74) is 1.08. The molecule has 1 rings (SSSR count). The quantitative estimate of drug-likeness (QED) is 0.678. The van der Waals surface area contributed by atoms with Gasteiger partial charge in [0.2, 0.25) is 0 Å². The Morgan fingerprint density at radius 3 is 2.61 bits per heavy atom. The van der Waals surface area contributed by atoms with E-state index in [-0.39, 0.29) is 0 Å². The van der Waals surface area contributed by atoms with Crippen LogP contribution in [0.15, 0.2) is 18.3 Å². The first-order valence-electron chi connectivity index (χ1n) is 7.07. The lowest BCUT2D eigenvalue weighted by molar-refractivity contribution is 0.303. The van der Waals surface area contributed by atoms with Gasteiger partial charge in [0.05, 0.1) is 18.5 Å². The molecular weight excluding hydrogens is 224 g/mol. The number of hydrogen-bond donors (Lipinski definition) is 1. The number of hydrogen-bond acceptors (Lipinski definition) is 3. The SMILES string of the molecule is CCCCCCOc1ccc(C(CC)NC)nc1. The summed E-state index contributed by atoms with van der Waals surface area (Å²) in [6.07, 6.45) is 7.80. The van der Waals surface area contributed by atoms with Crippen LogP contribution in [0.2, 0.25) is 0 Å². The van der Waals surface area contributed by atoms with Gasteiger partial charge in [0.15, 0.2) is 0 Å². The van der Waals surface area contributed by atoms with Crippen LogP contribution in [-0.2, 0) is 0 Å². The molecular formula is C15H26N2O. The maximum absolute atomic E-state index is 5.67. The van der Waals surface area contributed by atoms with Crippen molar-refractivity contribution in [2.45, 2.75) is 52.0 Å². The Bertz CT molecular complexity index is 307. The van der Waals surface area contributed by atoms with Gasteiger partial charge in [-0.15, -0.1) is 0 Å². The van der Waals surface area contributed by atoms with E-state index in [9.17, 15) is 0 Å². The van der Waals surface area contributed by atoms with Crippen LogP contribution in [0.4, 0.5) is 0 Å². The van der Waals surface area contributed by atoms with Crippen molar-refractivity contribution in [2.75, 3.05) is 13.7 Å². The van der Waals surface area contributed by atoms with Gasteiger partial charge in [-0.25, -0.2) is 0 Å². The number of aromatic nitrogens is 1. The molecule has 0 saturated heterocycles. The van der Waals surface area contributed by atoms with Gasteiger partial charge in [0.1, 0.15) is 5.75 Å². The molecule has 18 heavy (non-hydrogen) atoms. The molecule has 0 saturated carbocycles. The number of pyridine rings is 1. The first kappa shape index (κ1) is 15.0.